The van der Waals surface area contributed by atoms with Crippen molar-refractivity contribution >= 4 is 34.8 Å². The summed E-state index contributed by atoms with van der Waals surface area (Å²) < 4.78 is 1.91. The van der Waals surface area contributed by atoms with Crippen LogP contribution in [0.3, 0.4) is 0 Å². The van der Waals surface area contributed by atoms with Gasteiger partial charge in [0.1, 0.15) is 0 Å². The predicted octanol–water partition coefficient (Wildman–Crippen LogP) is 5.84. The normalized spacial score (nSPS) is 12.5. The van der Waals surface area contributed by atoms with Crippen molar-refractivity contribution in [2.75, 3.05) is 5.32 Å². The molecule has 152 valence electrons. The van der Waals surface area contributed by atoms with Crippen molar-refractivity contribution in [1.82, 2.24) is 9.99 Å². The molecule has 1 aliphatic rings. The van der Waals surface area contributed by atoms with E-state index < -0.39 is 0 Å². The summed E-state index contributed by atoms with van der Waals surface area (Å²) in [6, 6.07) is 25.8. The van der Waals surface area contributed by atoms with Gasteiger partial charge in [-0.2, -0.15) is 5.10 Å². The highest BCUT2D eigenvalue weighted by Gasteiger charge is 2.16. The van der Waals surface area contributed by atoms with Crippen LogP contribution in [-0.4, -0.2) is 16.2 Å². The summed E-state index contributed by atoms with van der Waals surface area (Å²) in [6.45, 7) is 1.89. The molecule has 0 fully saturated rings. The fraction of sp³-hybridized carbons (Fsp3) is 0.0400. The third-order valence-corrected chi connectivity index (χ3v) is 6.28. The minimum absolute atomic E-state index is 0.246. The molecule has 3 aromatic carbocycles. The van der Waals surface area contributed by atoms with Gasteiger partial charge in [0, 0.05) is 22.2 Å². The molecule has 0 unspecified atom stereocenters. The van der Waals surface area contributed by atoms with Gasteiger partial charge in [-0.25, -0.2) is 5.43 Å². The summed E-state index contributed by atoms with van der Waals surface area (Å²) in [7, 11) is 0. The lowest BCUT2D eigenvalue weighted by atomic mass is 10.1. The molecular formula is C25H20N4OS. The first kappa shape index (κ1) is 19.2. The number of hydrogen-bond donors (Lipinski definition) is 2. The van der Waals surface area contributed by atoms with Crippen LogP contribution in [-0.2, 0) is 0 Å². The first-order valence-corrected chi connectivity index (χ1v) is 10.8. The number of fused-ring (bicyclic) bond motifs is 2. The van der Waals surface area contributed by atoms with Crippen LogP contribution < -0.4 is 10.7 Å². The molecule has 0 spiro atoms. The molecule has 4 aromatic rings. The van der Waals surface area contributed by atoms with Gasteiger partial charge in [0.05, 0.1) is 28.3 Å². The Kier molecular flexibility index (Phi) is 5.06. The number of hydrogen-bond acceptors (Lipinski definition) is 4. The van der Waals surface area contributed by atoms with Crippen molar-refractivity contribution in [2.24, 2.45) is 5.10 Å². The molecule has 5 nitrogen and oxygen atoms in total. The van der Waals surface area contributed by atoms with E-state index in [4.69, 9.17) is 0 Å². The first-order valence-electron chi connectivity index (χ1n) is 9.94. The maximum Gasteiger partial charge on any atom is 0.273 e. The van der Waals surface area contributed by atoms with Gasteiger partial charge < -0.3 is 9.88 Å². The molecule has 6 heteroatoms. The molecule has 2 heterocycles. The highest BCUT2D eigenvalue weighted by Crippen LogP contribution is 2.44. The lowest BCUT2D eigenvalue weighted by Crippen LogP contribution is -2.21. The average molecular weight is 425 g/mol. The summed E-state index contributed by atoms with van der Waals surface area (Å²) in [6.07, 6.45) is 3.83. The monoisotopic (exact) mass is 424 g/mol. The Hall–Kier alpha value is -3.77. The highest BCUT2D eigenvalue weighted by atomic mass is 32.2. The zero-order valence-electron chi connectivity index (χ0n) is 16.9. The number of rotatable bonds is 4. The fourth-order valence-corrected chi connectivity index (χ4v) is 4.48. The van der Waals surface area contributed by atoms with E-state index in [1.807, 2.05) is 72.4 Å². The Morgan fingerprint density at radius 2 is 1.65 bits per heavy atom. The Bertz CT molecular complexity index is 1290. The van der Waals surface area contributed by atoms with Gasteiger partial charge in [0.2, 0.25) is 0 Å². The van der Waals surface area contributed by atoms with E-state index in [1.54, 1.807) is 17.8 Å². The maximum atomic E-state index is 12.8. The molecule has 0 atom stereocenters. The maximum absolute atomic E-state index is 12.8. The molecule has 0 saturated carbocycles. The number of amides is 1. The van der Waals surface area contributed by atoms with Crippen LogP contribution in [0.15, 0.2) is 106 Å². The molecule has 1 amide bonds. The Labute approximate surface area is 184 Å². The number of carbonyl (C=O) groups excluding carboxylic acids is 1. The van der Waals surface area contributed by atoms with Crippen molar-refractivity contribution in [3.63, 3.8) is 0 Å². The SMILES string of the molecule is C/C(=N/NC(=O)c1ccccc1-n1cccc1)c1ccc2c(c1)Nc1ccccc1S2. The second-order valence-electron chi connectivity index (χ2n) is 7.18. The largest absolute Gasteiger partial charge is 0.354 e. The summed E-state index contributed by atoms with van der Waals surface area (Å²) in [5, 5.41) is 7.84. The molecule has 1 aliphatic heterocycles. The van der Waals surface area contributed by atoms with Crippen LogP contribution in [0.25, 0.3) is 5.69 Å². The lowest BCUT2D eigenvalue weighted by molar-refractivity contribution is 0.0955. The Morgan fingerprint density at radius 3 is 2.52 bits per heavy atom. The molecule has 0 saturated heterocycles. The summed E-state index contributed by atoms with van der Waals surface area (Å²) in [5.74, 6) is -0.246. The topological polar surface area (TPSA) is 58.4 Å². The van der Waals surface area contributed by atoms with Crippen molar-refractivity contribution < 1.29 is 4.79 Å². The van der Waals surface area contributed by atoms with E-state index in [-0.39, 0.29) is 5.91 Å². The van der Waals surface area contributed by atoms with Gasteiger partial charge in [-0.15, -0.1) is 0 Å². The highest BCUT2D eigenvalue weighted by molar-refractivity contribution is 7.99. The smallest absolute Gasteiger partial charge is 0.273 e. The van der Waals surface area contributed by atoms with Gasteiger partial charge in [0.15, 0.2) is 0 Å². The van der Waals surface area contributed by atoms with Gasteiger partial charge in [-0.3, -0.25) is 4.79 Å². The molecule has 0 radical (unpaired) electrons. The first-order chi connectivity index (χ1) is 15.2. The lowest BCUT2D eigenvalue weighted by Gasteiger charge is -2.21. The van der Waals surface area contributed by atoms with Gasteiger partial charge in [-0.1, -0.05) is 42.1 Å². The fourth-order valence-electron chi connectivity index (χ4n) is 3.51. The third-order valence-electron chi connectivity index (χ3n) is 5.13. The quantitative estimate of drug-likeness (QED) is 0.281. The van der Waals surface area contributed by atoms with E-state index in [1.165, 1.54) is 9.79 Å². The summed E-state index contributed by atoms with van der Waals surface area (Å²) in [5.41, 5.74) is 7.91. The van der Waals surface area contributed by atoms with Crippen LogP contribution in [0.4, 0.5) is 11.4 Å². The second kappa shape index (κ2) is 8.16. The minimum Gasteiger partial charge on any atom is -0.354 e. The zero-order chi connectivity index (χ0) is 21.2. The standard InChI is InChI=1S/C25H20N4OS/c1-17(18-12-13-24-21(16-18)26-20-9-3-5-11-23(20)31-24)27-28-25(30)19-8-2-4-10-22(19)29-14-6-7-15-29/h2-16,26H,1H3,(H,28,30)/b27-17-. The number of benzene rings is 3. The summed E-state index contributed by atoms with van der Waals surface area (Å²) >= 11 is 1.74. The number of nitrogens with zero attached hydrogens (tertiary/aromatic N) is 2. The molecule has 5 rings (SSSR count). The summed E-state index contributed by atoms with van der Waals surface area (Å²) in [4.78, 5) is 15.2. The number of para-hydroxylation sites is 2. The van der Waals surface area contributed by atoms with E-state index in [9.17, 15) is 4.79 Å². The van der Waals surface area contributed by atoms with Gasteiger partial charge in [-0.05, 0) is 61.0 Å². The number of aromatic nitrogens is 1. The van der Waals surface area contributed by atoms with E-state index >= 15 is 0 Å². The number of carbonyl (C=O) groups is 1. The predicted molar refractivity (Wildman–Crippen MR) is 126 cm³/mol. The molecule has 2 N–H and O–H groups in total. The molecule has 1 aromatic heterocycles. The molecule has 31 heavy (non-hydrogen) atoms. The Balaban J connectivity index is 1.36. The van der Waals surface area contributed by atoms with Gasteiger partial charge in [0.25, 0.3) is 5.91 Å². The number of nitrogens with one attached hydrogen (secondary N) is 2. The molecule has 0 aliphatic carbocycles. The van der Waals surface area contributed by atoms with Crippen molar-refractivity contribution in [3.8, 4) is 5.69 Å². The molecule has 0 bridgehead atoms. The average Bonchev–Trinajstić information content (AvgIpc) is 3.35. The number of hydrazone groups is 1. The van der Waals surface area contributed by atoms with Crippen LogP contribution in [0.1, 0.15) is 22.8 Å². The molecular weight excluding hydrogens is 404 g/mol. The Morgan fingerprint density at radius 1 is 0.903 bits per heavy atom. The van der Waals surface area contributed by atoms with E-state index in [2.05, 4.69) is 40.1 Å². The van der Waals surface area contributed by atoms with E-state index in [0.717, 1.165) is 28.3 Å². The van der Waals surface area contributed by atoms with Crippen molar-refractivity contribution in [2.45, 2.75) is 16.7 Å². The minimum atomic E-state index is -0.246. The van der Waals surface area contributed by atoms with Crippen LogP contribution >= 0.6 is 11.8 Å². The third kappa shape index (κ3) is 3.85. The van der Waals surface area contributed by atoms with Crippen LogP contribution in [0, 0.1) is 0 Å². The van der Waals surface area contributed by atoms with Crippen LogP contribution in [0.2, 0.25) is 0 Å². The number of anilines is 2. The van der Waals surface area contributed by atoms with Gasteiger partial charge >= 0.3 is 0 Å². The second-order valence-corrected chi connectivity index (χ2v) is 8.26. The van der Waals surface area contributed by atoms with Crippen molar-refractivity contribution in [3.05, 3.63) is 102 Å². The van der Waals surface area contributed by atoms with Crippen LogP contribution in [0.5, 0.6) is 0 Å². The van der Waals surface area contributed by atoms with E-state index in [0.29, 0.717) is 5.56 Å². The van der Waals surface area contributed by atoms with Crippen molar-refractivity contribution in [1.29, 1.82) is 0 Å². The zero-order valence-corrected chi connectivity index (χ0v) is 17.7.